The average Bonchev–Trinajstić information content (AvgIpc) is 3.29. The average molecular weight is 342 g/mol. The fourth-order valence-corrected chi connectivity index (χ4v) is 2.39. The van der Waals surface area contributed by atoms with Gasteiger partial charge < -0.3 is 24.2 Å². The first kappa shape index (κ1) is 16.8. The lowest BCUT2D eigenvalue weighted by atomic mass is 10.2. The van der Waals surface area contributed by atoms with Crippen LogP contribution >= 0.6 is 0 Å². The topological polar surface area (TPSA) is 93.7 Å². The van der Waals surface area contributed by atoms with Crippen LogP contribution in [0.15, 0.2) is 57.6 Å². The highest BCUT2D eigenvalue weighted by Crippen LogP contribution is 2.25. The van der Waals surface area contributed by atoms with Crippen LogP contribution in [0.5, 0.6) is 0 Å². The molecule has 1 atom stereocenters. The van der Waals surface area contributed by atoms with E-state index < -0.39 is 17.9 Å². The van der Waals surface area contributed by atoms with Gasteiger partial charge in [-0.3, -0.25) is 9.59 Å². The Morgan fingerprint density at radius 1 is 1.12 bits per heavy atom. The second-order valence-electron chi connectivity index (χ2n) is 5.38. The predicted octanol–water partition coefficient (Wildman–Crippen LogP) is 2.15. The molecule has 0 saturated heterocycles. The van der Waals surface area contributed by atoms with Gasteiger partial charge in [0.2, 0.25) is 0 Å². The van der Waals surface area contributed by atoms with Gasteiger partial charge in [0.15, 0.2) is 0 Å². The molecule has 1 aromatic carbocycles. The number of para-hydroxylation sites is 1. The van der Waals surface area contributed by atoms with E-state index in [2.05, 4.69) is 10.6 Å². The number of furan rings is 2. The quantitative estimate of drug-likeness (QED) is 0.670. The summed E-state index contributed by atoms with van der Waals surface area (Å²) in [7, 11) is 1.51. The van der Waals surface area contributed by atoms with E-state index in [1.165, 1.54) is 13.4 Å². The second-order valence-corrected chi connectivity index (χ2v) is 5.38. The third-order valence-electron chi connectivity index (χ3n) is 3.70. The Morgan fingerprint density at radius 3 is 2.64 bits per heavy atom. The van der Waals surface area contributed by atoms with Gasteiger partial charge in [0.05, 0.1) is 19.4 Å². The fraction of sp³-hybridized carbons (Fsp3) is 0.222. The first-order valence-electron chi connectivity index (χ1n) is 7.77. The number of benzene rings is 1. The van der Waals surface area contributed by atoms with Gasteiger partial charge >= 0.3 is 11.8 Å². The molecule has 3 rings (SSSR count). The molecule has 2 N–H and O–H groups in total. The van der Waals surface area contributed by atoms with Crippen LogP contribution in [0.3, 0.4) is 0 Å². The number of ether oxygens (including phenoxy) is 1. The zero-order valence-electron chi connectivity index (χ0n) is 13.7. The molecule has 2 amide bonds. The summed E-state index contributed by atoms with van der Waals surface area (Å²) in [6, 6.07) is 12.8. The molecule has 130 valence electrons. The van der Waals surface area contributed by atoms with Crippen molar-refractivity contribution in [3.05, 3.63) is 60.2 Å². The van der Waals surface area contributed by atoms with E-state index in [-0.39, 0.29) is 13.1 Å². The number of nitrogens with one attached hydrogen (secondary N) is 2. The Morgan fingerprint density at radius 2 is 1.92 bits per heavy atom. The van der Waals surface area contributed by atoms with Gasteiger partial charge in [0.1, 0.15) is 23.2 Å². The summed E-state index contributed by atoms with van der Waals surface area (Å²) in [5, 5.41) is 5.97. The van der Waals surface area contributed by atoms with Gasteiger partial charge in [0, 0.05) is 12.5 Å². The lowest BCUT2D eigenvalue weighted by Crippen LogP contribution is -2.41. The van der Waals surface area contributed by atoms with Crippen LogP contribution in [0, 0.1) is 0 Å². The molecule has 25 heavy (non-hydrogen) atoms. The molecule has 2 heterocycles. The molecule has 0 aliphatic heterocycles. The molecule has 2 aromatic heterocycles. The zero-order chi connectivity index (χ0) is 17.6. The summed E-state index contributed by atoms with van der Waals surface area (Å²) < 4.78 is 16.2. The molecule has 7 heteroatoms. The van der Waals surface area contributed by atoms with Crippen LogP contribution in [0.2, 0.25) is 0 Å². The van der Waals surface area contributed by atoms with Crippen molar-refractivity contribution in [2.24, 2.45) is 0 Å². The molecule has 0 radical (unpaired) electrons. The zero-order valence-corrected chi connectivity index (χ0v) is 13.7. The number of carbonyl (C=O) groups excluding carboxylic acids is 2. The first-order chi connectivity index (χ1) is 12.2. The van der Waals surface area contributed by atoms with Gasteiger partial charge in [-0.15, -0.1) is 0 Å². The minimum atomic E-state index is -0.746. The smallest absolute Gasteiger partial charge is 0.309 e. The number of fused-ring (bicyclic) bond motifs is 1. The lowest BCUT2D eigenvalue weighted by molar-refractivity contribution is -0.139. The molecule has 0 unspecified atom stereocenters. The van der Waals surface area contributed by atoms with Crippen molar-refractivity contribution >= 4 is 22.8 Å². The van der Waals surface area contributed by atoms with Crippen molar-refractivity contribution in [3.63, 3.8) is 0 Å². The summed E-state index contributed by atoms with van der Waals surface area (Å²) in [4.78, 5) is 23.7. The molecule has 7 nitrogen and oxygen atoms in total. The van der Waals surface area contributed by atoms with E-state index in [4.69, 9.17) is 13.6 Å². The highest BCUT2D eigenvalue weighted by atomic mass is 16.5. The Bertz CT molecular complexity index is 820. The van der Waals surface area contributed by atoms with E-state index in [0.29, 0.717) is 11.5 Å². The molecule has 0 spiro atoms. The Kier molecular flexibility index (Phi) is 5.15. The summed E-state index contributed by atoms with van der Waals surface area (Å²) in [6.45, 7) is 0.264. The summed E-state index contributed by atoms with van der Waals surface area (Å²) in [5.74, 6) is -0.334. The van der Waals surface area contributed by atoms with Crippen LogP contribution in [0.4, 0.5) is 0 Å². The maximum absolute atomic E-state index is 11.9. The SMILES string of the molecule is CO[C@@H](CNC(=O)C(=O)NCc1ccco1)c1cc2ccccc2o1. The van der Waals surface area contributed by atoms with E-state index in [9.17, 15) is 9.59 Å². The summed E-state index contributed by atoms with van der Waals surface area (Å²) in [6.07, 6.45) is 1.01. The molecule has 0 aliphatic carbocycles. The molecular formula is C18H18N2O5. The third kappa shape index (κ3) is 4.07. The number of hydrogen-bond donors (Lipinski definition) is 2. The van der Waals surface area contributed by atoms with Crippen molar-refractivity contribution in [1.29, 1.82) is 0 Å². The second kappa shape index (κ2) is 7.67. The van der Waals surface area contributed by atoms with Crippen molar-refractivity contribution in [2.75, 3.05) is 13.7 Å². The number of hydrogen-bond acceptors (Lipinski definition) is 5. The standard InChI is InChI=1S/C18H18N2O5/c1-23-16(15-9-12-5-2-3-7-14(12)25-15)11-20-18(22)17(21)19-10-13-6-4-8-24-13/h2-9,16H,10-11H2,1H3,(H,19,21)(H,20,22)/t16-/m0/s1. The van der Waals surface area contributed by atoms with Crippen LogP contribution in [0.25, 0.3) is 11.0 Å². The van der Waals surface area contributed by atoms with Gasteiger partial charge in [0.25, 0.3) is 0 Å². The van der Waals surface area contributed by atoms with Crippen molar-refractivity contribution < 1.29 is 23.2 Å². The Labute approximate surface area is 143 Å². The summed E-state index contributed by atoms with van der Waals surface area (Å²) >= 11 is 0. The fourth-order valence-electron chi connectivity index (χ4n) is 2.39. The number of amides is 2. The molecule has 0 aliphatic rings. The van der Waals surface area contributed by atoms with E-state index in [1.54, 1.807) is 12.1 Å². The Balaban J connectivity index is 1.54. The maximum Gasteiger partial charge on any atom is 0.309 e. The first-order valence-corrected chi connectivity index (χ1v) is 7.77. The number of methoxy groups -OCH3 is 1. The summed E-state index contributed by atoms with van der Waals surface area (Å²) in [5.41, 5.74) is 0.738. The minimum Gasteiger partial charge on any atom is -0.467 e. The third-order valence-corrected chi connectivity index (χ3v) is 3.70. The minimum absolute atomic E-state index is 0.114. The van der Waals surface area contributed by atoms with Gasteiger partial charge in [-0.1, -0.05) is 18.2 Å². The van der Waals surface area contributed by atoms with Crippen molar-refractivity contribution in [1.82, 2.24) is 10.6 Å². The van der Waals surface area contributed by atoms with Crippen molar-refractivity contribution in [2.45, 2.75) is 12.6 Å². The number of rotatable bonds is 6. The lowest BCUT2D eigenvalue weighted by Gasteiger charge is -2.13. The van der Waals surface area contributed by atoms with Gasteiger partial charge in [-0.05, 0) is 24.3 Å². The largest absolute Gasteiger partial charge is 0.467 e. The highest BCUT2D eigenvalue weighted by Gasteiger charge is 2.19. The van der Waals surface area contributed by atoms with Crippen LogP contribution in [-0.4, -0.2) is 25.5 Å². The van der Waals surface area contributed by atoms with Crippen LogP contribution < -0.4 is 10.6 Å². The monoisotopic (exact) mass is 342 g/mol. The molecule has 0 saturated carbocycles. The number of carbonyl (C=O) groups is 2. The molecule has 0 fully saturated rings. The van der Waals surface area contributed by atoms with E-state index >= 15 is 0 Å². The predicted molar refractivity (Wildman–Crippen MR) is 89.5 cm³/mol. The Hall–Kier alpha value is -3.06. The maximum atomic E-state index is 11.9. The van der Waals surface area contributed by atoms with Crippen LogP contribution in [0.1, 0.15) is 17.6 Å². The normalized spacial score (nSPS) is 12.0. The molecule has 0 bridgehead atoms. The molecule has 3 aromatic rings. The molecular weight excluding hydrogens is 324 g/mol. The van der Waals surface area contributed by atoms with Gasteiger partial charge in [-0.2, -0.15) is 0 Å². The van der Waals surface area contributed by atoms with Crippen molar-refractivity contribution in [3.8, 4) is 0 Å². The van der Waals surface area contributed by atoms with E-state index in [0.717, 1.165) is 11.0 Å². The highest BCUT2D eigenvalue weighted by molar-refractivity contribution is 6.35. The van der Waals surface area contributed by atoms with Gasteiger partial charge in [-0.25, -0.2) is 0 Å². The van der Waals surface area contributed by atoms with E-state index in [1.807, 2.05) is 30.3 Å². The van der Waals surface area contributed by atoms with Crippen LogP contribution in [-0.2, 0) is 20.9 Å².